The van der Waals surface area contributed by atoms with Crippen LogP contribution in [0.25, 0.3) is 0 Å². The Balaban J connectivity index is 2.07. The first-order valence-corrected chi connectivity index (χ1v) is 8.08. The van der Waals surface area contributed by atoms with Gasteiger partial charge in [0.05, 0.1) is 5.56 Å². The molecular weight excluding hydrogens is 360 g/mol. The summed E-state index contributed by atoms with van der Waals surface area (Å²) in [5.41, 5.74) is 0.262. The predicted molar refractivity (Wildman–Crippen MR) is 86.6 cm³/mol. The number of nitrogens with zero attached hydrogens (tertiary/aromatic N) is 1. The molecule has 0 aliphatic heterocycles. The molecule has 0 radical (unpaired) electrons. The number of rotatable bonds is 4. The van der Waals surface area contributed by atoms with Crippen molar-refractivity contribution < 1.29 is 4.79 Å². The van der Waals surface area contributed by atoms with Crippen LogP contribution < -0.4 is 5.32 Å². The lowest BCUT2D eigenvalue weighted by atomic mass is 9.91. The Labute approximate surface area is 135 Å². The predicted octanol–water partition coefficient (Wildman–Crippen LogP) is 4.27. The summed E-state index contributed by atoms with van der Waals surface area (Å²) in [6.07, 6.45) is 1.56. The highest BCUT2D eigenvalue weighted by atomic mass is 79.9. The molecule has 0 saturated carbocycles. The van der Waals surface area contributed by atoms with Gasteiger partial charge in [-0.1, -0.05) is 31.5 Å². The summed E-state index contributed by atoms with van der Waals surface area (Å²) >= 11 is 10.9. The van der Waals surface area contributed by atoms with Crippen LogP contribution in [0.5, 0.6) is 0 Å². The summed E-state index contributed by atoms with van der Waals surface area (Å²) in [7, 11) is 0. The number of amides is 1. The van der Waals surface area contributed by atoms with E-state index in [-0.39, 0.29) is 16.5 Å². The Kier molecular flexibility index (Phi) is 4.83. The minimum Gasteiger partial charge on any atom is -0.351 e. The van der Waals surface area contributed by atoms with E-state index in [2.05, 4.69) is 46.1 Å². The van der Waals surface area contributed by atoms with Crippen LogP contribution in [0.2, 0.25) is 5.15 Å². The molecule has 1 N–H and O–H groups in total. The molecule has 1 amide bonds. The van der Waals surface area contributed by atoms with Gasteiger partial charge in [-0.25, -0.2) is 4.98 Å². The first-order valence-electron chi connectivity index (χ1n) is 6.03. The molecule has 0 aromatic carbocycles. The Bertz CT molecular complexity index is 614. The smallest absolute Gasteiger partial charge is 0.254 e. The molecule has 2 aromatic heterocycles. The molecule has 0 aliphatic carbocycles. The Morgan fingerprint density at radius 1 is 1.55 bits per heavy atom. The van der Waals surface area contributed by atoms with Gasteiger partial charge in [-0.3, -0.25) is 4.79 Å². The van der Waals surface area contributed by atoms with E-state index in [0.29, 0.717) is 12.1 Å². The van der Waals surface area contributed by atoms with Crippen LogP contribution in [-0.2, 0) is 5.41 Å². The Hall–Kier alpha value is -0.910. The molecule has 0 saturated heterocycles. The maximum absolute atomic E-state index is 12.2. The molecule has 0 spiro atoms. The number of pyridine rings is 1. The van der Waals surface area contributed by atoms with Crippen molar-refractivity contribution in [1.29, 1.82) is 0 Å². The van der Waals surface area contributed by atoms with Crippen LogP contribution in [0.15, 0.2) is 34.2 Å². The van der Waals surface area contributed by atoms with Crippen molar-refractivity contribution in [1.82, 2.24) is 10.3 Å². The van der Waals surface area contributed by atoms with Crippen molar-refractivity contribution in [2.45, 2.75) is 19.3 Å². The standard InChI is InChI=1S/C14H14BrClN2OS/c1-14(2,11-4-3-5-20-11)8-18-13(19)10-6-9(15)7-17-12(10)16/h3-7H,8H2,1-2H3,(H,18,19). The maximum Gasteiger partial charge on any atom is 0.254 e. The lowest BCUT2D eigenvalue weighted by molar-refractivity contribution is 0.0945. The molecule has 3 nitrogen and oxygen atoms in total. The number of carbonyl (C=O) groups is 1. The molecule has 20 heavy (non-hydrogen) atoms. The van der Waals surface area contributed by atoms with Gasteiger partial charge in [-0.15, -0.1) is 11.3 Å². The highest BCUT2D eigenvalue weighted by Gasteiger charge is 2.23. The number of hydrogen-bond acceptors (Lipinski definition) is 3. The number of nitrogens with one attached hydrogen (secondary N) is 1. The third kappa shape index (κ3) is 3.59. The van der Waals surface area contributed by atoms with E-state index in [4.69, 9.17) is 11.6 Å². The van der Waals surface area contributed by atoms with Crippen LogP contribution in [-0.4, -0.2) is 17.4 Å². The summed E-state index contributed by atoms with van der Waals surface area (Å²) in [5, 5.41) is 5.16. The summed E-state index contributed by atoms with van der Waals surface area (Å²) < 4.78 is 0.726. The van der Waals surface area contributed by atoms with E-state index >= 15 is 0 Å². The van der Waals surface area contributed by atoms with Gasteiger partial charge in [-0.05, 0) is 33.4 Å². The third-order valence-electron chi connectivity index (χ3n) is 2.93. The highest BCUT2D eigenvalue weighted by Crippen LogP contribution is 2.27. The zero-order valence-electron chi connectivity index (χ0n) is 11.1. The first kappa shape index (κ1) is 15.5. The van der Waals surface area contributed by atoms with Crippen LogP contribution in [0.1, 0.15) is 29.1 Å². The zero-order valence-corrected chi connectivity index (χ0v) is 14.3. The number of hydrogen-bond donors (Lipinski definition) is 1. The molecule has 0 aliphatic rings. The van der Waals surface area contributed by atoms with Gasteiger partial charge >= 0.3 is 0 Å². The van der Waals surface area contributed by atoms with Gasteiger partial charge < -0.3 is 5.32 Å². The zero-order chi connectivity index (χ0) is 14.8. The second kappa shape index (κ2) is 6.24. The van der Waals surface area contributed by atoms with E-state index in [1.165, 1.54) is 4.88 Å². The topological polar surface area (TPSA) is 42.0 Å². The molecule has 0 unspecified atom stereocenters. The van der Waals surface area contributed by atoms with Crippen molar-refractivity contribution >= 4 is 44.8 Å². The van der Waals surface area contributed by atoms with Crippen molar-refractivity contribution in [2.75, 3.05) is 6.54 Å². The molecule has 0 fully saturated rings. The number of thiophene rings is 1. The van der Waals surface area contributed by atoms with Gasteiger partial charge in [0.1, 0.15) is 5.15 Å². The average Bonchev–Trinajstić information content (AvgIpc) is 2.93. The van der Waals surface area contributed by atoms with Crippen LogP contribution in [0, 0.1) is 0 Å². The van der Waals surface area contributed by atoms with Crippen LogP contribution >= 0.6 is 38.9 Å². The SMILES string of the molecule is CC(C)(CNC(=O)c1cc(Br)cnc1Cl)c1cccs1. The molecule has 106 valence electrons. The fraction of sp³-hybridized carbons (Fsp3) is 0.286. The van der Waals surface area contributed by atoms with Crippen molar-refractivity contribution in [3.05, 3.63) is 49.8 Å². The Morgan fingerprint density at radius 3 is 2.95 bits per heavy atom. The first-order chi connectivity index (χ1) is 9.40. The second-order valence-corrected chi connectivity index (χ2v) is 7.26. The van der Waals surface area contributed by atoms with Gasteiger partial charge in [0, 0.05) is 27.5 Å². The van der Waals surface area contributed by atoms with E-state index < -0.39 is 0 Å². The molecule has 0 atom stereocenters. The van der Waals surface area contributed by atoms with E-state index in [9.17, 15) is 4.79 Å². The Morgan fingerprint density at radius 2 is 2.30 bits per heavy atom. The minimum atomic E-state index is -0.214. The van der Waals surface area contributed by atoms with E-state index in [0.717, 1.165) is 4.47 Å². The van der Waals surface area contributed by atoms with Gasteiger partial charge in [0.25, 0.3) is 5.91 Å². The number of halogens is 2. The fourth-order valence-corrected chi connectivity index (χ4v) is 3.10. The monoisotopic (exact) mass is 372 g/mol. The molecule has 2 aromatic rings. The van der Waals surface area contributed by atoms with Crippen molar-refractivity contribution in [3.8, 4) is 0 Å². The summed E-state index contributed by atoms with van der Waals surface area (Å²) in [6, 6.07) is 5.76. The van der Waals surface area contributed by atoms with Gasteiger partial charge in [-0.2, -0.15) is 0 Å². The molecular formula is C14H14BrClN2OS. The quantitative estimate of drug-likeness (QED) is 0.813. The minimum absolute atomic E-state index is 0.115. The summed E-state index contributed by atoms with van der Waals surface area (Å²) in [4.78, 5) is 17.4. The third-order valence-corrected chi connectivity index (χ3v) is 4.90. The fourth-order valence-electron chi connectivity index (χ4n) is 1.73. The lowest BCUT2D eigenvalue weighted by Crippen LogP contribution is -2.36. The summed E-state index contributed by atoms with van der Waals surface area (Å²) in [5.74, 6) is -0.214. The van der Waals surface area contributed by atoms with Crippen molar-refractivity contribution in [3.63, 3.8) is 0 Å². The molecule has 0 bridgehead atoms. The maximum atomic E-state index is 12.2. The van der Waals surface area contributed by atoms with Crippen LogP contribution in [0.3, 0.4) is 0 Å². The molecule has 6 heteroatoms. The molecule has 2 heterocycles. The van der Waals surface area contributed by atoms with Gasteiger partial charge in [0.2, 0.25) is 0 Å². The summed E-state index contributed by atoms with van der Waals surface area (Å²) in [6.45, 7) is 4.73. The highest BCUT2D eigenvalue weighted by molar-refractivity contribution is 9.10. The van der Waals surface area contributed by atoms with Crippen molar-refractivity contribution in [2.24, 2.45) is 0 Å². The average molecular weight is 374 g/mol. The largest absolute Gasteiger partial charge is 0.351 e. The molecule has 2 rings (SSSR count). The van der Waals surface area contributed by atoms with E-state index in [1.54, 1.807) is 23.6 Å². The van der Waals surface area contributed by atoms with Crippen LogP contribution in [0.4, 0.5) is 0 Å². The lowest BCUT2D eigenvalue weighted by Gasteiger charge is -2.23. The number of aromatic nitrogens is 1. The van der Waals surface area contributed by atoms with E-state index in [1.807, 2.05) is 11.4 Å². The number of carbonyl (C=O) groups excluding carboxylic acids is 1. The normalized spacial score (nSPS) is 11.4. The van der Waals surface area contributed by atoms with Gasteiger partial charge in [0.15, 0.2) is 0 Å². The second-order valence-electron chi connectivity index (χ2n) is 5.04.